The number of hydrogen-bond acceptors (Lipinski definition) is 4. The van der Waals surface area contributed by atoms with Gasteiger partial charge in [-0.1, -0.05) is 32.8 Å². The van der Waals surface area contributed by atoms with E-state index >= 15 is 0 Å². The number of allylic oxidation sites excluding steroid dienone is 2. The van der Waals surface area contributed by atoms with Crippen molar-refractivity contribution in [3.8, 4) is 0 Å². The molecule has 1 fully saturated rings. The second-order valence-corrected chi connectivity index (χ2v) is 9.22. The Morgan fingerprint density at radius 2 is 1.96 bits per heavy atom. The van der Waals surface area contributed by atoms with Crippen LogP contribution >= 0.6 is 0 Å². The molecule has 1 saturated carbocycles. The SMILES string of the molecule is CC1=CC(=O)C2C(C)(C)CCC[C@]2(C)[C@H]1CC[C@](C)(O)C(O)CO. The lowest BCUT2D eigenvalue weighted by molar-refractivity contribution is -0.137. The van der Waals surface area contributed by atoms with Crippen LogP contribution in [0, 0.1) is 22.7 Å². The first-order chi connectivity index (χ1) is 11.0. The number of ketones is 1. The smallest absolute Gasteiger partial charge is 0.159 e. The summed E-state index contributed by atoms with van der Waals surface area (Å²) in [4.78, 5) is 12.8. The molecule has 0 bridgehead atoms. The summed E-state index contributed by atoms with van der Waals surface area (Å²) in [6, 6.07) is 0. The largest absolute Gasteiger partial charge is 0.394 e. The molecule has 24 heavy (non-hydrogen) atoms. The molecule has 0 aromatic rings. The van der Waals surface area contributed by atoms with Gasteiger partial charge in [-0.15, -0.1) is 0 Å². The summed E-state index contributed by atoms with van der Waals surface area (Å²) in [5, 5.41) is 29.4. The van der Waals surface area contributed by atoms with E-state index < -0.39 is 18.3 Å². The van der Waals surface area contributed by atoms with E-state index in [4.69, 9.17) is 5.11 Å². The van der Waals surface area contributed by atoms with Gasteiger partial charge in [-0.2, -0.15) is 0 Å². The fourth-order valence-electron chi connectivity index (χ4n) is 5.48. The van der Waals surface area contributed by atoms with Gasteiger partial charge in [0.05, 0.1) is 12.2 Å². The maximum absolute atomic E-state index is 12.8. The molecular weight excluding hydrogens is 304 g/mol. The van der Waals surface area contributed by atoms with Crippen molar-refractivity contribution in [1.29, 1.82) is 0 Å². The average Bonchev–Trinajstić information content (AvgIpc) is 2.43. The molecule has 2 unspecified atom stereocenters. The topological polar surface area (TPSA) is 77.8 Å². The van der Waals surface area contributed by atoms with Gasteiger partial charge < -0.3 is 15.3 Å². The molecule has 2 rings (SSSR count). The highest BCUT2D eigenvalue weighted by molar-refractivity contribution is 5.94. The van der Waals surface area contributed by atoms with Crippen molar-refractivity contribution in [3.63, 3.8) is 0 Å². The molecule has 0 aliphatic heterocycles. The lowest BCUT2D eigenvalue weighted by atomic mass is 9.47. The minimum Gasteiger partial charge on any atom is -0.394 e. The Bertz CT molecular complexity index is 520. The molecule has 5 atom stereocenters. The molecule has 0 saturated heterocycles. The zero-order valence-corrected chi connectivity index (χ0v) is 15.8. The van der Waals surface area contributed by atoms with Crippen LogP contribution in [0.2, 0.25) is 0 Å². The highest BCUT2D eigenvalue weighted by atomic mass is 16.4. The highest BCUT2D eigenvalue weighted by Crippen LogP contribution is 2.59. The van der Waals surface area contributed by atoms with E-state index in [9.17, 15) is 15.0 Å². The van der Waals surface area contributed by atoms with Crippen molar-refractivity contribution in [3.05, 3.63) is 11.6 Å². The van der Waals surface area contributed by atoms with Crippen molar-refractivity contribution in [2.24, 2.45) is 22.7 Å². The summed E-state index contributed by atoms with van der Waals surface area (Å²) >= 11 is 0. The molecule has 0 heterocycles. The molecule has 4 nitrogen and oxygen atoms in total. The number of carbonyl (C=O) groups is 1. The van der Waals surface area contributed by atoms with Gasteiger partial charge >= 0.3 is 0 Å². The molecule has 2 aliphatic rings. The van der Waals surface area contributed by atoms with Gasteiger partial charge in [0.1, 0.15) is 6.10 Å². The van der Waals surface area contributed by atoms with Crippen molar-refractivity contribution in [1.82, 2.24) is 0 Å². The fraction of sp³-hybridized carbons (Fsp3) is 0.850. The van der Waals surface area contributed by atoms with Gasteiger partial charge in [0, 0.05) is 5.92 Å². The molecule has 138 valence electrons. The zero-order chi connectivity index (χ0) is 18.3. The molecule has 0 spiro atoms. The normalized spacial score (nSPS) is 36.5. The Kier molecular flexibility index (Phi) is 5.35. The minimum atomic E-state index is -1.31. The van der Waals surface area contributed by atoms with Crippen LogP contribution < -0.4 is 0 Å². The number of hydrogen-bond donors (Lipinski definition) is 3. The number of fused-ring (bicyclic) bond motifs is 1. The number of aliphatic hydroxyl groups is 3. The maximum Gasteiger partial charge on any atom is 0.159 e. The second-order valence-electron chi connectivity index (χ2n) is 9.22. The number of carbonyl (C=O) groups excluding carboxylic acids is 1. The van der Waals surface area contributed by atoms with Crippen LogP contribution in [0.15, 0.2) is 11.6 Å². The highest BCUT2D eigenvalue weighted by Gasteiger charge is 2.55. The van der Waals surface area contributed by atoms with Crippen molar-refractivity contribution < 1.29 is 20.1 Å². The van der Waals surface area contributed by atoms with E-state index in [1.165, 1.54) is 0 Å². The Morgan fingerprint density at radius 3 is 2.54 bits per heavy atom. The quantitative estimate of drug-likeness (QED) is 0.720. The predicted molar refractivity (Wildman–Crippen MR) is 94.4 cm³/mol. The van der Waals surface area contributed by atoms with Crippen LogP contribution in [-0.2, 0) is 4.79 Å². The predicted octanol–water partition coefficient (Wildman–Crippen LogP) is 2.85. The van der Waals surface area contributed by atoms with E-state index in [1.807, 2.05) is 6.92 Å². The summed E-state index contributed by atoms with van der Waals surface area (Å²) in [5.41, 5.74) is -0.331. The zero-order valence-electron chi connectivity index (χ0n) is 15.8. The van der Waals surface area contributed by atoms with Crippen LogP contribution in [0.1, 0.15) is 66.7 Å². The van der Waals surface area contributed by atoms with Gasteiger partial charge in [0.25, 0.3) is 0 Å². The van der Waals surface area contributed by atoms with Crippen LogP contribution in [-0.4, -0.2) is 39.4 Å². The standard InChI is InChI=1S/C20H34O4/c1-13-11-15(22)17-18(2,3)8-6-9-19(17,4)14(13)7-10-20(5,24)16(23)12-21/h11,14,16-17,21,23-24H,6-10,12H2,1-5H3/t14-,16?,17?,19+,20-/m0/s1. The average molecular weight is 338 g/mol. The number of aliphatic hydroxyl groups excluding tert-OH is 2. The lowest BCUT2D eigenvalue weighted by Crippen LogP contribution is -2.53. The molecular formula is C20H34O4. The van der Waals surface area contributed by atoms with Gasteiger partial charge in [0.15, 0.2) is 5.78 Å². The Labute approximate surface area is 146 Å². The van der Waals surface area contributed by atoms with Crippen molar-refractivity contribution >= 4 is 5.78 Å². The van der Waals surface area contributed by atoms with Gasteiger partial charge in [-0.25, -0.2) is 0 Å². The maximum atomic E-state index is 12.8. The molecule has 0 aromatic carbocycles. The van der Waals surface area contributed by atoms with E-state index in [1.54, 1.807) is 13.0 Å². The van der Waals surface area contributed by atoms with Crippen molar-refractivity contribution in [2.75, 3.05) is 6.61 Å². The third-order valence-corrected chi connectivity index (χ3v) is 6.81. The molecule has 2 aliphatic carbocycles. The number of rotatable bonds is 5. The molecule has 0 amide bonds. The Morgan fingerprint density at radius 1 is 1.33 bits per heavy atom. The summed E-state index contributed by atoms with van der Waals surface area (Å²) < 4.78 is 0. The first kappa shape index (κ1) is 19.6. The van der Waals surface area contributed by atoms with Crippen LogP contribution in [0.3, 0.4) is 0 Å². The van der Waals surface area contributed by atoms with E-state index in [-0.39, 0.29) is 28.4 Å². The first-order valence-electron chi connectivity index (χ1n) is 9.19. The summed E-state index contributed by atoms with van der Waals surface area (Å²) in [6.07, 6.45) is 4.99. The van der Waals surface area contributed by atoms with Crippen LogP contribution in [0.5, 0.6) is 0 Å². The van der Waals surface area contributed by atoms with Crippen LogP contribution in [0.4, 0.5) is 0 Å². The lowest BCUT2D eigenvalue weighted by Gasteiger charge is -2.56. The van der Waals surface area contributed by atoms with E-state index in [0.29, 0.717) is 12.8 Å². The molecule has 3 N–H and O–H groups in total. The third-order valence-electron chi connectivity index (χ3n) is 6.81. The molecule has 0 radical (unpaired) electrons. The van der Waals surface area contributed by atoms with E-state index in [2.05, 4.69) is 20.8 Å². The summed E-state index contributed by atoms with van der Waals surface area (Å²) in [7, 11) is 0. The van der Waals surface area contributed by atoms with Crippen molar-refractivity contribution in [2.45, 2.75) is 78.4 Å². The second kappa shape index (κ2) is 6.54. The van der Waals surface area contributed by atoms with Gasteiger partial charge in [-0.05, 0) is 62.4 Å². The Hall–Kier alpha value is -0.710. The van der Waals surface area contributed by atoms with Gasteiger partial charge in [0.2, 0.25) is 0 Å². The summed E-state index contributed by atoms with van der Waals surface area (Å²) in [5.74, 6) is 0.482. The third kappa shape index (κ3) is 3.33. The molecule has 4 heteroatoms. The summed E-state index contributed by atoms with van der Waals surface area (Å²) in [6.45, 7) is 9.77. The van der Waals surface area contributed by atoms with E-state index in [0.717, 1.165) is 24.8 Å². The Balaban J connectivity index is 2.28. The monoisotopic (exact) mass is 338 g/mol. The minimum absolute atomic E-state index is 0.00728. The van der Waals surface area contributed by atoms with Gasteiger partial charge in [-0.3, -0.25) is 4.79 Å². The molecule has 0 aromatic heterocycles. The first-order valence-corrected chi connectivity index (χ1v) is 9.19. The van der Waals surface area contributed by atoms with Crippen LogP contribution in [0.25, 0.3) is 0 Å². The fourth-order valence-corrected chi connectivity index (χ4v) is 5.48.